The van der Waals surface area contributed by atoms with E-state index in [-0.39, 0.29) is 23.1 Å². The number of thiocarbonyl (C=S) groups is 1. The molecule has 35 heavy (non-hydrogen) atoms. The van der Waals surface area contributed by atoms with Crippen molar-refractivity contribution in [1.29, 1.82) is 0 Å². The van der Waals surface area contributed by atoms with Crippen molar-refractivity contribution in [2.45, 2.75) is 13.5 Å². The lowest BCUT2D eigenvalue weighted by atomic mass is 10.1. The fraction of sp³-hybridized carbons (Fsp3) is 0.115. The average molecular weight is 555 g/mol. The van der Waals surface area contributed by atoms with Crippen molar-refractivity contribution in [2.75, 3.05) is 11.5 Å². The number of amides is 2. The largest absolute Gasteiger partial charge is 0.494 e. The van der Waals surface area contributed by atoms with Crippen molar-refractivity contribution < 1.29 is 23.5 Å². The molecule has 0 radical (unpaired) electrons. The van der Waals surface area contributed by atoms with Crippen LogP contribution in [-0.4, -0.2) is 23.5 Å². The van der Waals surface area contributed by atoms with Gasteiger partial charge in [-0.25, -0.2) is 4.39 Å². The summed E-state index contributed by atoms with van der Waals surface area (Å²) in [5.41, 5.74) is 1.86. The number of rotatable bonds is 7. The van der Waals surface area contributed by atoms with Crippen LogP contribution in [0.3, 0.4) is 0 Å². The second-order valence-corrected chi connectivity index (χ2v) is 8.73. The fourth-order valence-electron chi connectivity index (χ4n) is 3.40. The molecule has 3 aromatic carbocycles. The molecular weight excluding hydrogens is 535 g/mol. The Hall–Kier alpha value is -3.56. The van der Waals surface area contributed by atoms with Gasteiger partial charge in [-0.2, -0.15) is 0 Å². The van der Waals surface area contributed by atoms with Gasteiger partial charge in [0.15, 0.2) is 5.11 Å². The number of carbonyl (C=O) groups excluding carboxylic acids is 2. The smallest absolute Gasteiger partial charge is 0.270 e. The molecule has 0 saturated carbocycles. The summed E-state index contributed by atoms with van der Waals surface area (Å²) < 4.78 is 25.0. The lowest BCUT2D eigenvalue weighted by Gasteiger charge is -2.29. The van der Waals surface area contributed by atoms with Gasteiger partial charge in [-0.3, -0.25) is 19.8 Å². The van der Waals surface area contributed by atoms with Crippen molar-refractivity contribution in [3.05, 3.63) is 93.7 Å². The highest BCUT2D eigenvalue weighted by molar-refractivity contribution is 9.10. The van der Waals surface area contributed by atoms with E-state index in [1.54, 1.807) is 54.6 Å². The summed E-state index contributed by atoms with van der Waals surface area (Å²) >= 11 is 8.73. The molecule has 0 unspecified atom stereocenters. The Labute approximate surface area is 215 Å². The maximum Gasteiger partial charge on any atom is 0.270 e. The van der Waals surface area contributed by atoms with Gasteiger partial charge in [-0.15, -0.1) is 0 Å². The predicted octanol–water partition coefficient (Wildman–Crippen LogP) is 5.40. The topological polar surface area (TPSA) is 67.9 Å². The third-order valence-electron chi connectivity index (χ3n) is 5.06. The molecule has 0 aromatic heterocycles. The van der Waals surface area contributed by atoms with E-state index in [2.05, 4.69) is 21.2 Å². The second kappa shape index (κ2) is 10.8. The van der Waals surface area contributed by atoms with Crippen LogP contribution in [0.15, 0.2) is 76.8 Å². The van der Waals surface area contributed by atoms with Crippen LogP contribution in [0.4, 0.5) is 10.1 Å². The Balaban J connectivity index is 1.55. The molecule has 1 aliphatic rings. The average Bonchev–Trinajstić information content (AvgIpc) is 2.83. The predicted molar refractivity (Wildman–Crippen MR) is 139 cm³/mol. The van der Waals surface area contributed by atoms with Gasteiger partial charge in [0.05, 0.1) is 16.8 Å². The number of hydrogen-bond donors (Lipinski definition) is 1. The van der Waals surface area contributed by atoms with E-state index in [9.17, 15) is 14.0 Å². The molecule has 0 spiro atoms. The number of ether oxygens (including phenoxy) is 2. The van der Waals surface area contributed by atoms with E-state index >= 15 is 0 Å². The zero-order valence-electron chi connectivity index (χ0n) is 18.6. The standard InChI is InChI=1S/C26H20BrFN2O4S/c1-2-33-20-5-3-4-19(14-20)30-25(32)21(24(31)29-26(30)35)12-17-8-11-23(22(27)13-17)34-15-16-6-9-18(28)10-7-16/h3-14H,2,15H2,1H3,(H,29,31,35)/b21-12+. The van der Waals surface area contributed by atoms with Gasteiger partial charge in [0, 0.05) is 6.07 Å². The minimum Gasteiger partial charge on any atom is -0.494 e. The summed E-state index contributed by atoms with van der Waals surface area (Å²) in [4.78, 5) is 27.1. The number of carbonyl (C=O) groups is 2. The molecule has 3 aromatic rings. The van der Waals surface area contributed by atoms with E-state index < -0.39 is 11.8 Å². The zero-order valence-corrected chi connectivity index (χ0v) is 21.0. The first-order valence-electron chi connectivity index (χ1n) is 10.7. The van der Waals surface area contributed by atoms with Gasteiger partial charge in [0.2, 0.25) is 0 Å². The van der Waals surface area contributed by atoms with Crippen molar-refractivity contribution in [2.24, 2.45) is 0 Å². The fourth-order valence-corrected chi connectivity index (χ4v) is 4.20. The molecule has 6 nitrogen and oxygen atoms in total. The van der Waals surface area contributed by atoms with Gasteiger partial charge in [0.25, 0.3) is 11.8 Å². The summed E-state index contributed by atoms with van der Waals surface area (Å²) in [5.74, 6) is -0.283. The first-order valence-corrected chi connectivity index (χ1v) is 11.9. The number of benzene rings is 3. The quantitative estimate of drug-likeness (QED) is 0.241. The molecule has 0 aliphatic carbocycles. The first-order chi connectivity index (χ1) is 16.9. The van der Waals surface area contributed by atoms with Gasteiger partial charge >= 0.3 is 0 Å². The van der Waals surface area contributed by atoms with Crippen LogP contribution in [0.5, 0.6) is 11.5 Å². The Bertz CT molecular complexity index is 1330. The first kappa shape index (κ1) is 24.6. The van der Waals surface area contributed by atoms with Crippen LogP contribution < -0.4 is 19.7 Å². The molecule has 1 saturated heterocycles. The number of nitrogens with zero attached hydrogens (tertiary/aromatic N) is 1. The van der Waals surface area contributed by atoms with E-state index in [4.69, 9.17) is 21.7 Å². The van der Waals surface area contributed by atoms with Crippen LogP contribution in [0.2, 0.25) is 0 Å². The van der Waals surface area contributed by atoms with E-state index in [1.807, 2.05) is 6.92 Å². The van der Waals surface area contributed by atoms with Crippen LogP contribution >= 0.6 is 28.1 Å². The van der Waals surface area contributed by atoms with Crippen LogP contribution in [-0.2, 0) is 16.2 Å². The maximum atomic E-state index is 13.3. The van der Waals surface area contributed by atoms with Crippen molar-refractivity contribution in [1.82, 2.24) is 5.32 Å². The van der Waals surface area contributed by atoms with Crippen molar-refractivity contribution in [3.8, 4) is 11.5 Å². The van der Waals surface area contributed by atoms with Gasteiger partial charge in [-0.1, -0.05) is 24.3 Å². The summed E-state index contributed by atoms with van der Waals surface area (Å²) in [7, 11) is 0. The third kappa shape index (κ3) is 5.75. The molecule has 0 atom stereocenters. The molecule has 2 amide bonds. The number of halogens is 2. The number of hydrogen-bond acceptors (Lipinski definition) is 5. The van der Waals surface area contributed by atoms with Crippen molar-refractivity contribution in [3.63, 3.8) is 0 Å². The number of nitrogens with one attached hydrogen (secondary N) is 1. The van der Waals surface area contributed by atoms with Gasteiger partial charge < -0.3 is 9.47 Å². The second-order valence-electron chi connectivity index (χ2n) is 7.49. The third-order valence-corrected chi connectivity index (χ3v) is 5.97. The van der Waals surface area contributed by atoms with Crippen LogP contribution in [0.25, 0.3) is 6.08 Å². The minimum atomic E-state index is -0.579. The molecule has 0 bridgehead atoms. The van der Waals surface area contributed by atoms with E-state index in [1.165, 1.54) is 23.1 Å². The molecule has 1 N–H and O–H groups in total. The molecule has 178 valence electrons. The highest BCUT2D eigenvalue weighted by Gasteiger charge is 2.34. The maximum absolute atomic E-state index is 13.3. The molecule has 4 rings (SSSR count). The Morgan fingerprint density at radius 2 is 1.83 bits per heavy atom. The van der Waals surface area contributed by atoms with Crippen LogP contribution in [0.1, 0.15) is 18.1 Å². The summed E-state index contributed by atoms with van der Waals surface area (Å²) in [6.07, 6.45) is 1.49. The Morgan fingerprint density at radius 3 is 2.54 bits per heavy atom. The summed E-state index contributed by atoms with van der Waals surface area (Å²) in [5, 5.41) is 2.57. The lowest BCUT2D eigenvalue weighted by Crippen LogP contribution is -2.54. The summed E-state index contributed by atoms with van der Waals surface area (Å²) in [6.45, 7) is 2.59. The zero-order chi connectivity index (χ0) is 24.9. The van der Waals surface area contributed by atoms with Gasteiger partial charge in [-0.05, 0) is 88.7 Å². The van der Waals surface area contributed by atoms with E-state index in [0.29, 0.717) is 33.8 Å². The molecule has 1 heterocycles. The minimum absolute atomic E-state index is 0.00322. The normalized spacial score (nSPS) is 14.8. The van der Waals surface area contributed by atoms with E-state index in [0.717, 1.165) is 5.56 Å². The highest BCUT2D eigenvalue weighted by Crippen LogP contribution is 2.29. The summed E-state index contributed by atoms with van der Waals surface area (Å²) in [6, 6.07) is 18.2. The molecular formula is C26H20BrFN2O4S. The number of anilines is 1. The molecule has 9 heteroatoms. The monoisotopic (exact) mass is 554 g/mol. The Morgan fingerprint density at radius 1 is 1.06 bits per heavy atom. The SMILES string of the molecule is CCOc1cccc(N2C(=O)/C(=C/c3ccc(OCc4ccc(F)cc4)c(Br)c3)C(=O)NC2=S)c1. The lowest BCUT2D eigenvalue weighted by molar-refractivity contribution is -0.122. The van der Waals surface area contributed by atoms with Gasteiger partial charge in [0.1, 0.15) is 29.5 Å². The van der Waals surface area contributed by atoms with Crippen LogP contribution in [0, 0.1) is 5.82 Å². The molecule has 1 fully saturated rings. The highest BCUT2D eigenvalue weighted by atomic mass is 79.9. The Kier molecular flexibility index (Phi) is 7.57. The molecule has 1 aliphatic heterocycles. The van der Waals surface area contributed by atoms with Crippen molar-refractivity contribution >= 4 is 56.8 Å².